The Labute approximate surface area is 147 Å². The molecule has 0 unspecified atom stereocenters. The van der Waals surface area contributed by atoms with E-state index in [-0.39, 0.29) is 19.0 Å². The minimum absolute atomic E-state index is 0.124. The Morgan fingerprint density at radius 1 is 1.17 bits per heavy atom. The molecule has 0 aliphatic heterocycles. The number of rotatable bonds is 5. The van der Waals surface area contributed by atoms with Gasteiger partial charge in [-0.1, -0.05) is 29.8 Å². The summed E-state index contributed by atoms with van der Waals surface area (Å²) in [6, 6.07) is 11.8. The summed E-state index contributed by atoms with van der Waals surface area (Å²) in [5, 5.41) is 1.04. The number of esters is 1. The Balaban J connectivity index is 1.87. The number of thiophene rings is 1. The van der Waals surface area contributed by atoms with Gasteiger partial charge in [0.25, 0.3) is 0 Å². The van der Waals surface area contributed by atoms with E-state index in [4.69, 9.17) is 21.1 Å². The lowest BCUT2D eigenvalue weighted by Gasteiger charge is -2.06. The lowest BCUT2D eigenvalue weighted by atomic mass is 10.1. The molecule has 0 saturated carbocycles. The summed E-state index contributed by atoms with van der Waals surface area (Å²) in [5.41, 5.74) is 1.35. The fourth-order valence-corrected chi connectivity index (χ4v) is 3.65. The van der Waals surface area contributed by atoms with Crippen LogP contribution in [0.25, 0.3) is 10.1 Å². The van der Waals surface area contributed by atoms with Crippen molar-refractivity contribution in [1.29, 1.82) is 0 Å². The van der Waals surface area contributed by atoms with Gasteiger partial charge in [-0.2, -0.15) is 0 Å². The third kappa shape index (κ3) is 3.43. The maximum Gasteiger partial charge on any atom is 0.349 e. The van der Waals surface area contributed by atoms with Crippen molar-refractivity contribution in [3.05, 3.63) is 69.3 Å². The summed E-state index contributed by atoms with van der Waals surface area (Å²) in [6.07, 6.45) is 0. The van der Waals surface area contributed by atoms with Crippen LogP contribution in [-0.4, -0.2) is 13.1 Å². The van der Waals surface area contributed by atoms with Crippen LogP contribution in [0.2, 0.25) is 5.02 Å². The fraction of sp³-hybridized carbons (Fsp3) is 0.167. The molecular formula is C18H14ClFO3S. The molecule has 0 radical (unpaired) electrons. The SMILES string of the molecule is COCc1c(C(=O)OCc2ccc(Cl)cc2)sc2cccc(F)c12. The van der Waals surface area contributed by atoms with Crippen molar-refractivity contribution < 1.29 is 18.7 Å². The number of hydrogen-bond donors (Lipinski definition) is 0. The second-order valence-corrected chi connectivity index (χ2v) is 6.65. The second kappa shape index (κ2) is 7.30. The topological polar surface area (TPSA) is 35.5 Å². The van der Waals surface area contributed by atoms with Gasteiger partial charge in [0, 0.05) is 27.8 Å². The number of benzene rings is 2. The molecule has 0 N–H and O–H groups in total. The van der Waals surface area contributed by atoms with E-state index in [1.807, 2.05) is 0 Å². The van der Waals surface area contributed by atoms with Gasteiger partial charge in [-0.05, 0) is 29.8 Å². The minimum atomic E-state index is -0.488. The first-order valence-corrected chi connectivity index (χ1v) is 8.40. The van der Waals surface area contributed by atoms with E-state index >= 15 is 0 Å². The average Bonchev–Trinajstić information content (AvgIpc) is 2.94. The van der Waals surface area contributed by atoms with Gasteiger partial charge < -0.3 is 9.47 Å². The van der Waals surface area contributed by atoms with E-state index in [1.54, 1.807) is 36.4 Å². The normalized spacial score (nSPS) is 11.0. The molecule has 124 valence electrons. The Hall–Kier alpha value is -1.95. The highest BCUT2D eigenvalue weighted by atomic mass is 35.5. The summed E-state index contributed by atoms with van der Waals surface area (Å²) in [6.45, 7) is 0.269. The van der Waals surface area contributed by atoms with Crippen molar-refractivity contribution in [2.75, 3.05) is 7.11 Å². The number of carbonyl (C=O) groups is 1. The molecule has 0 fully saturated rings. The van der Waals surface area contributed by atoms with E-state index < -0.39 is 5.97 Å². The Morgan fingerprint density at radius 3 is 2.62 bits per heavy atom. The molecule has 24 heavy (non-hydrogen) atoms. The van der Waals surface area contributed by atoms with Crippen molar-refractivity contribution in [3.8, 4) is 0 Å². The summed E-state index contributed by atoms with van der Waals surface area (Å²) in [7, 11) is 1.51. The van der Waals surface area contributed by atoms with Crippen LogP contribution in [0.5, 0.6) is 0 Å². The van der Waals surface area contributed by atoms with Crippen LogP contribution in [0.3, 0.4) is 0 Å². The molecule has 0 bridgehead atoms. The maximum atomic E-state index is 14.1. The molecule has 1 heterocycles. The maximum absolute atomic E-state index is 14.1. The fourth-order valence-electron chi connectivity index (χ4n) is 2.41. The lowest BCUT2D eigenvalue weighted by molar-refractivity contribution is 0.0474. The molecule has 3 rings (SSSR count). The monoisotopic (exact) mass is 364 g/mol. The van der Waals surface area contributed by atoms with Crippen molar-refractivity contribution in [1.82, 2.24) is 0 Å². The van der Waals surface area contributed by atoms with Crippen LogP contribution in [0.15, 0.2) is 42.5 Å². The number of hydrogen-bond acceptors (Lipinski definition) is 4. The molecule has 0 aliphatic rings. The first-order valence-electron chi connectivity index (χ1n) is 7.20. The highest BCUT2D eigenvalue weighted by molar-refractivity contribution is 7.21. The Morgan fingerprint density at radius 2 is 1.92 bits per heavy atom. The number of halogens is 2. The zero-order valence-electron chi connectivity index (χ0n) is 12.8. The molecule has 6 heteroatoms. The van der Waals surface area contributed by atoms with Gasteiger partial charge in [-0.25, -0.2) is 9.18 Å². The lowest BCUT2D eigenvalue weighted by Crippen LogP contribution is -2.06. The highest BCUT2D eigenvalue weighted by Gasteiger charge is 2.21. The van der Waals surface area contributed by atoms with E-state index in [0.717, 1.165) is 5.56 Å². The molecule has 0 spiro atoms. The van der Waals surface area contributed by atoms with Gasteiger partial charge in [0.1, 0.15) is 17.3 Å². The summed E-state index contributed by atoms with van der Waals surface area (Å²) < 4.78 is 25.3. The van der Waals surface area contributed by atoms with Crippen LogP contribution in [-0.2, 0) is 22.7 Å². The zero-order chi connectivity index (χ0) is 17.1. The van der Waals surface area contributed by atoms with Gasteiger partial charge in [0.05, 0.1) is 6.61 Å². The van der Waals surface area contributed by atoms with Crippen molar-refractivity contribution in [3.63, 3.8) is 0 Å². The van der Waals surface area contributed by atoms with E-state index in [1.165, 1.54) is 24.5 Å². The Kier molecular flexibility index (Phi) is 5.14. The van der Waals surface area contributed by atoms with Crippen molar-refractivity contribution >= 4 is 39.0 Å². The third-order valence-electron chi connectivity index (χ3n) is 3.52. The molecule has 2 aromatic carbocycles. The molecule has 0 saturated heterocycles. The molecule has 1 aromatic heterocycles. The van der Waals surface area contributed by atoms with Crippen LogP contribution >= 0.6 is 22.9 Å². The summed E-state index contributed by atoms with van der Waals surface area (Å²) >= 11 is 7.04. The van der Waals surface area contributed by atoms with E-state index in [0.29, 0.717) is 25.5 Å². The van der Waals surface area contributed by atoms with Crippen LogP contribution < -0.4 is 0 Å². The van der Waals surface area contributed by atoms with E-state index in [2.05, 4.69) is 0 Å². The molecule has 3 nitrogen and oxygen atoms in total. The van der Waals surface area contributed by atoms with Gasteiger partial charge in [-0.3, -0.25) is 0 Å². The minimum Gasteiger partial charge on any atom is -0.457 e. The summed E-state index contributed by atoms with van der Waals surface area (Å²) in [4.78, 5) is 12.8. The predicted octanol–water partition coefficient (Wildman–Crippen LogP) is 5.20. The van der Waals surface area contributed by atoms with Crippen molar-refractivity contribution in [2.24, 2.45) is 0 Å². The van der Waals surface area contributed by atoms with Gasteiger partial charge in [0.2, 0.25) is 0 Å². The number of carbonyl (C=O) groups excluding carboxylic acids is 1. The first-order chi connectivity index (χ1) is 11.6. The third-order valence-corrected chi connectivity index (χ3v) is 4.95. The standard InChI is InChI=1S/C18H14ClFO3S/c1-22-10-13-16-14(20)3-2-4-15(16)24-17(13)18(21)23-9-11-5-7-12(19)8-6-11/h2-8H,9-10H2,1H3. The smallest absolute Gasteiger partial charge is 0.349 e. The van der Waals surface area contributed by atoms with Crippen LogP contribution in [0.4, 0.5) is 4.39 Å². The molecule has 0 amide bonds. The number of ether oxygens (including phenoxy) is 2. The quantitative estimate of drug-likeness (QED) is 0.584. The number of methoxy groups -OCH3 is 1. The first kappa shape index (κ1) is 16.9. The van der Waals surface area contributed by atoms with E-state index in [9.17, 15) is 9.18 Å². The molecule has 0 atom stereocenters. The second-order valence-electron chi connectivity index (χ2n) is 5.16. The largest absolute Gasteiger partial charge is 0.457 e. The van der Waals surface area contributed by atoms with Crippen molar-refractivity contribution in [2.45, 2.75) is 13.2 Å². The molecular weight excluding hydrogens is 351 g/mol. The zero-order valence-corrected chi connectivity index (χ0v) is 14.4. The molecule has 0 aliphatic carbocycles. The number of fused-ring (bicyclic) bond motifs is 1. The summed E-state index contributed by atoms with van der Waals surface area (Å²) in [5.74, 6) is -0.856. The van der Waals surface area contributed by atoms with Crippen LogP contribution in [0, 0.1) is 5.82 Å². The van der Waals surface area contributed by atoms with Gasteiger partial charge in [-0.15, -0.1) is 11.3 Å². The Bertz CT molecular complexity index is 874. The molecule has 3 aromatic rings. The predicted molar refractivity (Wildman–Crippen MR) is 93.1 cm³/mol. The van der Waals surface area contributed by atoms with Gasteiger partial charge >= 0.3 is 5.97 Å². The highest BCUT2D eigenvalue weighted by Crippen LogP contribution is 2.34. The average molecular weight is 365 g/mol. The van der Waals surface area contributed by atoms with Gasteiger partial charge in [0.15, 0.2) is 0 Å². The van der Waals surface area contributed by atoms with Crippen LogP contribution in [0.1, 0.15) is 20.8 Å².